The normalized spacial score (nSPS) is 27.9. The van der Waals surface area contributed by atoms with E-state index in [1.54, 1.807) is 0 Å². The van der Waals surface area contributed by atoms with E-state index in [1.807, 2.05) is 0 Å². The van der Waals surface area contributed by atoms with E-state index in [9.17, 15) is 0 Å². The summed E-state index contributed by atoms with van der Waals surface area (Å²) in [4.78, 5) is 8.03. The van der Waals surface area contributed by atoms with Crippen LogP contribution in [0.25, 0.3) is 33.4 Å². The molecule has 6 aromatic rings. The molecule has 6 aromatic carbocycles. The Bertz CT molecular complexity index is 2200. The van der Waals surface area contributed by atoms with Crippen LogP contribution in [0.1, 0.15) is 64.2 Å². The average molecular weight is 744 g/mol. The molecule has 4 heterocycles. The fourth-order valence-electron chi connectivity index (χ4n) is 13.1. The zero-order valence-corrected chi connectivity index (χ0v) is 33.0. The second kappa shape index (κ2) is 13.7. The van der Waals surface area contributed by atoms with Crippen molar-refractivity contribution in [1.29, 1.82) is 0 Å². The molecule has 4 saturated heterocycles. The van der Waals surface area contributed by atoms with Crippen molar-refractivity contribution < 1.29 is 0 Å². The summed E-state index contributed by atoms with van der Waals surface area (Å²) >= 11 is 0. The molecule has 0 atom stereocenters. The third-order valence-electron chi connectivity index (χ3n) is 15.2. The molecule has 57 heavy (non-hydrogen) atoms. The quantitative estimate of drug-likeness (QED) is 0.154. The third kappa shape index (κ3) is 6.08. The molecular weight excluding hydrogens is 691 g/mol. The molecule has 0 aromatic heterocycles. The van der Waals surface area contributed by atoms with Crippen LogP contribution in [-0.2, 0) is 0 Å². The van der Waals surface area contributed by atoms with Gasteiger partial charge in [-0.15, -0.1) is 0 Å². The molecule has 0 radical (unpaired) electrons. The first-order chi connectivity index (χ1) is 28.1. The number of hydrogen-bond donors (Lipinski definition) is 0. The van der Waals surface area contributed by atoms with Crippen LogP contribution in [0, 0.1) is 23.7 Å². The smallest absolute Gasteiger partial charge is 0.0462 e. The van der Waals surface area contributed by atoms with Crippen molar-refractivity contribution in [3.8, 4) is 33.4 Å². The van der Waals surface area contributed by atoms with Gasteiger partial charge in [0, 0.05) is 52.6 Å². The number of nitrogens with zero attached hydrogens (tertiary/aromatic N) is 3. The van der Waals surface area contributed by atoms with Crippen LogP contribution in [0.5, 0.6) is 0 Å². The molecule has 4 aliphatic carbocycles. The van der Waals surface area contributed by atoms with Crippen LogP contribution >= 0.6 is 0 Å². The number of hydrogen-bond acceptors (Lipinski definition) is 3. The van der Waals surface area contributed by atoms with Crippen molar-refractivity contribution in [1.82, 2.24) is 0 Å². The van der Waals surface area contributed by atoms with E-state index in [0.29, 0.717) is 0 Å². The Morgan fingerprint density at radius 3 is 0.982 bits per heavy atom. The summed E-state index contributed by atoms with van der Waals surface area (Å²) in [7, 11) is 0. The molecule has 4 saturated carbocycles. The molecule has 3 heteroatoms. The van der Waals surface area contributed by atoms with Crippen molar-refractivity contribution in [2.45, 2.75) is 88.4 Å². The van der Waals surface area contributed by atoms with Gasteiger partial charge in [0.25, 0.3) is 0 Å². The molecule has 0 unspecified atom stereocenters. The topological polar surface area (TPSA) is 9.72 Å². The summed E-state index contributed by atoms with van der Waals surface area (Å²) < 4.78 is 0. The molecule has 0 N–H and O–H groups in total. The van der Waals surface area contributed by atoms with Crippen LogP contribution in [-0.4, -0.2) is 24.2 Å². The highest BCUT2D eigenvalue weighted by atomic mass is 15.2. The molecule has 0 spiro atoms. The van der Waals surface area contributed by atoms with Crippen LogP contribution in [0.2, 0.25) is 0 Å². The lowest BCUT2D eigenvalue weighted by Gasteiger charge is -2.57. The monoisotopic (exact) mass is 743 g/mol. The van der Waals surface area contributed by atoms with E-state index in [4.69, 9.17) is 0 Å². The van der Waals surface area contributed by atoms with Crippen molar-refractivity contribution in [3.05, 3.63) is 152 Å². The lowest BCUT2D eigenvalue weighted by molar-refractivity contribution is 0.0899. The summed E-state index contributed by atoms with van der Waals surface area (Å²) in [5.41, 5.74) is 14.0. The lowest BCUT2D eigenvalue weighted by Crippen LogP contribution is -2.58. The first-order valence-electron chi connectivity index (χ1n) is 22.1. The minimum absolute atomic E-state index is 0.732. The van der Waals surface area contributed by atoms with E-state index < -0.39 is 0 Å². The van der Waals surface area contributed by atoms with Crippen LogP contribution in [0.15, 0.2) is 152 Å². The van der Waals surface area contributed by atoms with E-state index >= 15 is 0 Å². The van der Waals surface area contributed by atoms with Gasteiger partial charge in [-0.1, -0.05) is 91.0 Å². The minimum atomic E-state index is 0.732. The van der Waals surface area contributed by atoms with Gasteiger partial charge in [-0.25, -0.2) is 0 Å². The largest absolute Gasteiger partial charge is 0.366 e. The summed E-state index contributed by atoms with van der Waals surface area (Å²) in [5, 5.41) is 0. The molecule has 14 rings (SSSR count). The van der Waals surface area contributed by atoms with Crippen LogP contribution < -0.4 is 14.7 Å². The highest BCUT2D eigenvalue weighted by Gasteiger charge is 2.48. The van der Waals surface area contributed by atoms with E-state index in [-0.39, 0.29) is 0 Å². The molecule has 8 aliphatic rings. The Morgan fingerprint density at radius 2 is 0.614 bits per heavy atom. The number of benzene rings is 6. The Balaban J connectivity index is 0.850. The maximum Gasteiger partial charge on any atom is 0.0462 e. The number of rotatable bonds is 8. The Labute approximate surface area is 339 Å². The predicted octanol–water partition coefficient (Wildman–Crippen LogP) is 13.7. The first kappa shape index (κ1) is 33.8. The van der Waals surface area contributed by atoms with Gasteiger partial charge in [0.2, 0.25) is 0 Å². The third-order valence-corrected chi connectivity index (χ3v) is 15.2. The Kier molecular flexibility index (Phi) is 8.12. The number of piperidine rings is 4. The van der Waals surface area contributed by atoms with Gasteiger partial charge in [0.1, 0.15) is 0 Å². The molecule has 0 amide bonds. The molecule has 4 aliphatic heterocycles. The minimum Gasteiger partial charge on any atom is -0.366 e. The zero-order chi connectivity index (χ0) is 37.5. The fourth-order valence-corrected chi connectivity index (χ4v) is 13.1. The van der Waals surface area contributed by atoms with Crippen molar-refractivity contribution >= 4 is 28.4 Å². The van der Waals surface area contributed by atoms with Gasteiger partial charge in [0.15, 0.2) is 0 Å². The van der Waals surface area contributed by atoms with Gasteiger partial charge in [-0.2, -0.15) is 0 Å². The molecule has 284 valence electrons. The maximum absolute atomic E-state index is 2.81. The van der Waals surface area contributed by atoms with Gasteiger partial charge in [-0.3, -0.25) is 0 Å². The van der Waals surface area contributed by atoms with Crippen molar-refractivity contribution in [2.75, 3.05) is 14.7 Å². The van der Waals surface area contributed by atoms with Crippen LogP contribution in [0.4, 0.5) is 28.4 Å². The Morgan fingerprint density at radius 1 is 0.298 bits per heavy atom. The van der Waals surface area contributed by atoms with Gasteiger partial charge in [-0.05, 0) is 182 Å². The highest BCUT2D eigenvalue weighted by molar-refractivity contribution is 5.82. The van der Waals surface area contributed by atoms with E-state index in [1.165, 1.54) is 109 Å². The SMILES string of the molecule is c1ccc(-c2ccc(N(c3ccc(-c4cccc(N5C6CC7CC(C6)CC5C7)c4)cc3)c3ccc(-c4cccc(N5C6CC7CC(C6)CC5C7)c4)cc3)cc2)cc1. The first-order valence-corrected chi connectivity index (χ1v) is 22.1. The maximum atomic E-state index is 2.81. The molecule has 8 fully saturated rings. The van der Waals surface area contributed by atoms with Crippen molar-refractivity contribution in [2.24, 2.45) is 23.7 Å². The van der Waals surface area contributed by atoms with Gasteiger partial charge < -0.3 is 14.7 Å². The van der Waals surface area contributed by atoms with E-state index in [2.05, 4.69) is 166 Å². The molecule has 3 nitrogen and oxygen atoms in total. The second-order valence-corrected chi connectivity index (χ2v) is 18.7. The zero-order valence-electron chi connectivity index (χ0n) is 33.0. The second-order valence-electron chi connectivity index (χ2n) is 18.7. The fraction of sp³-hybridized carbons (Fsp3) is 0.333. The molecule has 8 bridgehead atoms. The van der Waals surface area contributed by atoms with Crippen LogP contribution in [0.3, 0.4) is 0 Å². The van der Waals surface area contributed by atoms with Gasteiger partial charge >= 0.3 is 0 Å². The average Bonchev–Trinajstić information content (AvgIpc) is 3.24. The summed E-state index contributed by atoms with van der Waals surface area (Å²) in [6, 6.07) is 60.0. The van der Waals surface area contributed by atoms with E-state index in [0.717, 1.165) is 64.9 Å². The summed E-state index contributed by atoms with van der Waals surface area (Å²) in [6.07, 6.45) is 14.1. The summed E-state index contributed by atoms with van der Waals surface area (Å²) in [5.74, 6) is 3.87. The molecular formula is C54H53N3. The highest BCUT2D eigenvalue weighted by Crippen LogP contribution is 2.52. The van der Waals surface area contributed by atoms with Crippen molar-refractivity contribution in [3.63, 3.8) is 0 Å². The number of anilines is 5. The Hall–Kier alpha value is -5.28. The lowest BCUT2D eigenvalue weighted by atomic mass is 9.63. The standard InChI is InChI=1S/C54H53N3/c1-2-6-40(7-3-1)41-12-18-46(19-13-41)55(47-20-14-42(15-21-47)44-8-4-10-49(34-44)56-51-26-36-24-37(28-51)29-52(56)27-36)48-22-16-43(17-23-48)45-9-5-11-50(35-45)57-53-30-38-25-39(32-53)33-54(57)31-38/h1-23,34-39,51-54H,24-33H2. The van der Waals surface area contributed by atoms with Gasteiger partial charge in [0.05, 0.1) is 0 Å². The predicted molar refractivity (Wildman–Crippen MR) is 238 cm³/mol. The summed E-state index contributed by atoms with van der Waals surface area (Å²) in [6.45, 7) is 0.